The molecule has 9 aromatic carbocycles. The SMILES string of the molecule is N=C(/C(=C1\NC(c2ccccc2)=Cc2ccc(-c3cccc(-c4cc(-c5ccc(-c6ccccc6)cc5)nc(-c5ccc(-c6ccccc6)cc5)n4)c3)cc21)c1ccccc1)c1ccccc1. The molecule has 0 saturated carbocycles. The number of fused-ring (bicyclic) bond motifs is 1. The molecule has 0 atom stereocenters. The van der Waals surface area contributed by atoms with E-state index in [1.54, 1.807) is 0 Å². The number of nitrogens with zero attached hydrogens (tertiary/aromatic N) is 2. The van der Waals surface area contributed by atoms with Gasteiger partial charge in [0.25, 0.3) is 0 Å². The molecule has 0 radical (unpaired) electrons. The third-order valence-corrected chi connectivity index (χ3v) is 12.3. The molecule has 11 rings (SSSR count). The molecule has 0 bridgehead atoms. The highest BCUT2D eigenvalue weighted by molar-refractivity contribution is 6.36. The molecule has 0 spiro atoms. The van der Waals surface area contributed by atoms with E-state index in [-0.39, 0.29) is 0 Å². The fourth-order valence-corrected chi connectivity index (χ4v) is 8.85. The zero-order valence-electron chi connectivity index (χ0n) is 36.6. The molecule has 67 heavy (non-hydrogen) atoms. The van der Waals surface area contributed by atoms with Gasteiger partial charge in [0, 0.05) is 39.1 Å². The first-order valence-corrected chi connectivity index (χ1v) is 22.6. The fourth-order valence-electron chi connectivity index (χ4n) is 8.85. The Morgan fingerprint density at radius 2 is 0.776 bits per heavy atom. The maximum Gasteiger partial charge on any atom is 0.160 e. The number of nitrogens with one attached hydrogen (secondary N) is 2. The summed E-state index contributed by atoms with van der Waals surface area (Å²) in [7, 11) is 0. The number of hydrogen-bond acceptors (Lipinski definition) is 4. The molecular formula is C63H44N4. The van der Waals surface area contributed by atoms with E-state index in [0.717, 1.165) is 95.1 Å². The van der Waals surface area contributed by atoms with Crippen LogP contribution >= 0.6 is 0 Å². The van der Waals surface area contributed by atoms with Crippen molar-refractivity contribution in [1.29, 1.82) is 5.41 Å². The van der Waals surface area contributed by atoms with Crippen molar-refractivity contribution in [2.75, 3.05) is 0 Å². The van der Waals surface area contributed by atoms with Gasteiger partial charge in [0.15, 0.2) is 5.82 Å². The van der Waals surface area contributed by atoms with Crippen LogP contribution in [0.15, 0.2) is 249 Å². The van der Waals surface area contributed by atoms with Gasteiger partial charge < -0.3 is 5.32 Å². The summed E-state index contributed by atoms with van der Waals surface area (Å²) in [6.07, 6.45) is 2.21. The van der Waals surface area contributed by atoms with Gasteiger partial charge in [0.2, 0.25) is 0 Å². The van der Waals surface area contributed by atoms with Crippen LogP contribution in [0.1, 0.15) is 27.8 Å². The number of aromatic nitrogens is 2. The second-order valence-corrected chi connectivity index (χ2v) is 16.6. The first-order valence-electron chi connectivity index (χ1n) is 22.6. The highest BCUT2D eigenvalue weighted by Gasteiger charge is 2.24. The predicted octanol–water partition coefficient (Wildman–Crippen LogP) is 15.5. The molecule has 0 aliphatic carbocycles. The number of benzene rings is 9. The van der Waals surface area contributed by atoms with Crippen molar-refractivity contribution in [3.8, 4) is 67.3 Å². The molecule has 2 N–H and O–H groups in total. The third-order valence-electron chi connectivity index (χ3n) is 12.3. The average Bonchev–Trinajstić information content (AvgIpc) is 3.42. The largest absolute Gasteiger partial charge is 0.354 e. The van der Waals surface area contributed by atoms with Gasteiger partial charge in [-0.3, -0.25) is 5.41 Å². The van der Waals surface area contributed by atoms with Crippen molar-refractivity contribution >= 4 is 28.8 Å². The lowest BCUT2D eigenvalue weighted by Crippen LogP contribution is -2.20. The molecule has 10 aromatic rings. The lowest BCUT2D eigenvalue weighted by molar-refractivity contribution is 1.18. The molecule has 0 amide bonds. The summed E-state index contributed by atoms with van der Waals surface area (Å²) >= 11 is 0. The summed E-state index contributed by atoms with van der Waals surface area (Å²) in [6.45, 7) is 0. The van der Waals surface area contributed by atoms with Crippen molar-refractivity contribution in [3.63, 3.8) is 0 Å². The van der Waals surface area contributed by atoms with Crippen LogP contribution in [-0.4, -0.2) is 15.7 Å². The summed E-state index contributed by atoms with van der Waals surface area (Å²) in [4.78, 5) is 10.5. The lowest BCUT2D eigenvalue weighted by atomic mass is 9.86. The molecular weight excluding hydrogens is 813 g/mol. The Bertz CT molecular complexity index is 3330. The Hall–Kier alpha value is -8.99. The highest BCUT2D eigenvalue weighted by Crippen LogP contribution is 2.39. The third kappa shape index (κ3) is 8.55. The Labute approximate surface area is 391 Å². The molecule has 0 fully saturated rings. The Morgan fingerprint density at radius 3 is 1.37 bits per heavy atom. The van der Waals surface area contributed by atoms with Gasteiger partial charge in [-0.05, 0) is 74.3 Å². The molecule has 2 heterocycles. The van der Waals surface area contributed by atoms with E-state index in [1.165, 1.54) is 11.1 Å². The highest BCUT2D eigenvalue weighted by atomic mass is 14.9. The summed E-state index contributed by atoms with van der Waals surface area (Å²) < 4.78 is 0. The summed E-state index contributed by atoms with van der Waals surface area (Å²) in [5.41, 5.74) is 19.5. The Morgan fingerprint density at radius 1 is 0.343 bits per heavy atom. The van der Waals surface area contributed by atoms with E-state index in [4.69, 9.17) is 9.97 Å². The molecule has 4 nitrogen and oxygen atoms in total. The van der Waals surface area contributed by atoms with Crippen LogP contribution in [0, 0.1) is 5.41 Å². The second-order valence-electron chi connectivity index (χ2n) is 16.6. The minimum absolute atomic E-state index is 0.446. The van der Waals surface area contributed by atoms with Gasteiger partial charge in [-0.2, -0.15) is 0 Å². The van der Waals surface area contributed by atoms with Gasteiger partial charge in [-0.15, -0.1) is 0 Å². The second kappa shape index (κ2) is 18.2. The Balaban J connectivity index is 1.03. The first kappa shape index (κ1) is 40.8. The van der Waals surface area contributed by atoms with Gasteiger partial charge in [0.1, 0.15) is 0 Å². The van der Waals surface area contributed by atoms with E-state index < -0.39 is 0 Å². The lowest BCUT2D eigenvalue weighted by Gasteiger charge is -2.27. The zero-order chi connectivity index (χ0) is 44.9. The molecule has 316 valence electrons. The summed E-state index contributed by atoms with van der Waals surface area (Å²) in [5.74, 6) is 0.662. The quantitative estimate of drug-likeness (QED) is 0.135. The van der Waals surface area contributed by atoms with E-state index in [9.17, 15) is 5.41 Å². The molecule has 1 aliphatic heterocycles. The van der Waals surface area contributed by atoms with E-state index in [2.05, 4.69) is 193 Å². The summed E-state index contributed by atoms with van der Waals surface area (Å²) in [6, 6.07) is 86.1. The molecule has 1 aromatic heterocycles. The number of allylic oxidation sites excluding steroid dienone is 1. The standard InChI is InChI=1S/C63H44N4/c64-61(50-25-14-5-15-26-50)60(49-23-12-4-13-24-49)62-56-40-53(37-38-54(56)41-57(65-62)47-21-10-3-11-22-47)52-27-16-28-55(39-52)59-42-58(48-33-29-45(30-34-48)43-17-6-1-7-18-43)66-63(67-59)51-35-31-46(32-36-51)44-19-8-2-9-20-44/h1-42,64-65H/b62-60-,64-61?. The molecule has 4 heteroatoms. The van der Waals surface area contributed by atoms with Crippen LogP contribution in [0.4, 0.5) is 0 Å². The monoisotopic (exact) mass is 856 g/mol. The van der Waals surface area contributed by atoms with Crippen LogP contribution < -0.4 is 5.32 Å². The van der Waals surface area contributed by atoms with Gasteiger partial charge >= 0.3 is 0 Å². The van der Waals surface area contributed by atoms with Crippen LogP contribution in [0.2, 0.25) is 0 Å². The van der Waals surface area contributed by atoms with Crippen LogP contribution in [0.3, 0.4) is 0 Å². The molecule has 0 saturated heterocycles. The van der Waals surface area contributed by atoms with Crippen molar-refractivity contribution in [2.45, 2.75) is 0 Å². The van der Waals surface area contributed by atoms with Crippen molar-refractivity contribution in [1.82, 2.24) is 15.3 Å². The van der Waals surface area contributed by atoms with Crippen LogP contribution in [0.25, 0.3) is 90.3 Å². The van der Waals surface area contributed by atoms with Crippen molar-refractivity contribution in [2.24, 2.45) is 0 Å². The average molecular weight is 857 g/mol. The number of rotatable bonds is 10. The summed E-state index contributed by atoms with van der Waals surface area (Å²) in [5, 5.41) is 13.6. The van der Waals surface area contributed by atoms with Crippen molar-refractivity contribution in [3.05, 3.63) is 277 Å². The van der Waals surface area contributed by atoms with Gasteiger partial charge in [-0.1, -0.05) is 231 Å². The topological polar surface area (TPSA) is 61.7 Å². The van der Waals surface area contributed by atoms with Crippen LogP contribution in [-0.2, 0) is 0 Å². The minimum atomic E-state index is 0.446. The molecule has 1 aliphatic rings. The number of hydrogen-bond donors (Lipinski definition) is 2. The smallest absolute Gasteiger partial charge is 0.160 e. The normalized spacial score (nSPS) is 12.6. The minimum Gasteiger partial charge on any atom is -0.354 e. The predicted molar refractivity (Wildman–Crippen MR) is 279 cm³/mol. The van der Waals surface area contributed by atoms with Crippen molar-refractivity contribution < 1.29 is 0 Å². The van der Waals surface area contributed by atoms with E-state index >= 15 is 0 Å². The first-order chi connectivity index (χ1) is 33.1. The fraction of sp³-hybridized carbons (Fsp3) is 0. The maximum absolute atomic E-state index is 9.74. The van der Waals surface area contributed by atoms with Gasteiger partial charge in [0.05, 0.1) is 22.8 Å². The van der Waals surface area contributed by atoms with Gasteiger partial charge in [-0.25, -0.2) is 9.97 Å². The maximum atomic E-state index is 9.74. The Kier molecular flexibility index (Phi) is 11.1. The zero-order valence-corrected chi connectivity index (χ0v) is 36.6. The molecule has 0 unspecified atom stereocenters. The van der Waals surface area contributed by atoms with E-state index in [0.29, 0.717) is 11.5 Å². The van der Waals surface area contributed by atoms with E-state index in [1.807, 2.05) is 66.7 Å². The van der Waals surface area contributed by atoms with Crippen LogP contribution in [0.5, 0.6) is 0 Å².